The van der Waals surface area contributed by atoms with Crippen LogP contribution in [0.5, 0.6) is 5.75 Å². The number of carbonyl (C=O) groups excluding carboxylic acids is 3. The maximum atomic E-state index is 12.9. The predicted molar refractivity (Wildman–Crippen MR) is 117 cm³/mol. The van der Waals surface area contributed by atoms with Crippen LogP contribution in [0.2, 0.25) is 0 Å². The maximum absolute atomic E-state index is 12.9. The standard InChI is InChI=1S/C24H28N2O5/c1-6-18-10-12-19(13-11-18)25-14-20(27)26(23(25)29)15-24(4,5)22(28)31-30-21-16(2)8-7-9-17(21)3/h7-13H,6,14-15H2,1-5H3. The van der Waals surface area contributed by atoms with Crippen LogP contribution in [0.3, 0.4) is 0 Å². The summed E-state index contributed by atoms with van der Waals surface area (Å²) in [7, 11) is 0. The number of aryl methyl sites for hydroxylation is 3. The minimum atomic E-state index is -1.15. The van der Waals surface area contributed by atoms with E-state index in [-0.39, 0.29) is 19.0 Å². The largest absolute Gasteiger partial charge is 0.362 e. The highest BCUT2D eigenvalue weighted by molar-refractivity contribution is 6.12. The molecule has 164 valence electrons. The molecule has 0 aliphatic carbocycles. The predicted octanol–water partition coefficient (Wildman–Crippen LogP) is 4.20. The quantitative estimate of drug-likeness (QED) is 0.378. The fraction of sp³-hybridized carbons (Fsp3) is 0.375. The van der Waals surface area contributed by atoms with Gasteiger partial charge in [-0.3, -0.25) is 19.5 Å². The normalized spacial score (nSPS) is 14.2. The fourth-order valence-corrected chi connectivity index (χ4v) is 3.39. The Morgan fingerprint density at radius 1 is 1.03 bits per heavy atom. The molecule has 7 nitrogen and oxygen atoms in total. The Balaban J connectivity index is 1.67. The molecule has 1 heterocycles. The summed E-state index contributed by atoms with van der Waals surface area (Å²) in [5, 5.41) is 0. The van der Waals surface area contributed by atoms with Gasteiger partial charge in [0.15, 0.2) is 5.75 Å². The average Bonchev–Trinajstić information content (AvgIpc) is 3.01. The molecule has 1 saturated heterocycles. The number of amides is 3. The van der Waals surface area contributed by atoms with Gasteiger partial charge in [0.05, 0.1) is 5.41 Å². The molecular formula is C24H28N2O5. The first-order valence-electron chi connectivity index (χ1n) is 10.3. The van der Waals surface area contributed by atoms with E-state index in [0.29, 0.717) is 11.4 Å². The van der Waals surface area contributed by atoms with Gasteiger partial charge in [-0.15, -0.1) is 0 Å². The van der Waals surface area contributed by atoms with E-state index < -0.39 is 17.4 Å². The van der Waals surface area contributed by atoms with Gasteiger partial charge in [0, 0.05) is 12.2 Å². The van der Waals surface area contributed by atoms with E-state index >= 15 is 0 Å². The summed E-state index contributed by atoms with van der Waals surface area (Å²) in [6.07, 6.45) is 0.889. The van der Waals surface area contributed by atoms with Crippen LogP contribution in [0.4, 0.5) is 10.5 Å². The third kappa shape index (κ3) is 4.71. The molecule has 2 aromatic rings. The second-order valence-electron chi connectivity index (χ2n) is 8.43. The summed E-state index contributed by atoms with van der Waals surface area (Å²) in [6, 6.07) is 12.6. The smallest absolute Gasteiger partial charge is 0.286 e. The summed E-state index contributed by atoms with van der Waals surface area (Å²) in [4.78, 5) is 51.0. The SMILES string of the molecule is CCc1ccc(N2CC(=O)N(CC(C)(C)C(=O)OOc3c(C)cccc3C)C2=O)cc1. The van der Waals surface area contributed by atoms with Gasteiger partial charge >= 0.3 is 12.0 Å². The Morgan fingerprint density at radius 3 is 2.23 bits per heavy atom. The van der Waals surface area contributed by atoms with Crippen LogP contribution in [-0.4, -0.2) is 35.9 Å². The monoisotopic (exact) mass is 424 g/mol. The van der Waals surface area contributed by atoms with Gasteiger partial charge in [0.2, 0.25) is 0 Å². The zero-order chi connectivity index (χ0) is 22.8. The van der Waals surface area contributed by atoms with E-state index in [1.165, 1.54) is 4.90 Å². The summed E-state index contributed by atoms with van der Waals surface area (Å²) in [6.45, 7) is 8.81. The third-order valence-electron chi connectivity index (χ3n) is 5.43. The van der Waals surface area contributed by atoms with Crippen LogP contribution in [0, 0.1) is 19.3 Å². The van der Waals surface area contributed by atoms with Crippen LogP contribution < -0.4 is 9.79 Å². The van der Waals surface area contributed by atoms with Gasteiger partial charge in [-0.25, -0.2) is 14.5 Å². The Kier molecular flexibility index (Phi) is 6.34. The Bertz CT molecular complexity index is 977. The Labute approximate surface area is 182 Å². The minimum Gasteiger partial charge on any atom is -0.286 e. The summed E-state index contributed by atoms with van der Waals surface area (Å²) < 4.78 is 0. The van der Waals surface area contributed by atoms with Gasteiger partial charge in [0.25, 0.3) is 5.91 Å². The minimum absolute atomic E-state index is 0.0612. The molecule has 0 spiro atoms. The number of para-hydroxylation sites is 1. The molecule has 0 unspecified atom stereocenters. The summed E-state index contributed by atoms with van der Waals surface area (Å²) in [5.41, 5.74) is 2.31. The van der Waals surface area contributed by atoms with Crippen molar-refractivity contribution in [3.63, 3.8) is 0 Å². The van der Waals surface area contributed by atoms with Crippen molar-refractivity contribution in [1.82, 2.24) is 4.90 Å². The molecule has 0 bridgehead atoms. The topological polar surface area (TPSA) is 76.2 Å². The van der Waals surface area contributed by atoms with Crippen molar-refractivity contribution in [3.8, 4) is 5.75 Å². The van der Waals surface area contributed by atoms with Crippen LogP contribution in [0.1, 0.15) is 37.5 Å². The first-order valence-corrected chi connectivity index (χ1v) is 10.3. The average molecular weight is 424 g/mol. The molecule has 3 amide bonds. The van der Waals surface area contributed by atoms with Crippen molar-refractivity contribution in [3.05, 3.63) is 59.2 Å². The van der Waals surface area contributed by atoms with E-state index in [2.05, 4.69) is 0 Å². The van der Waals surface area contributed by atoms with Gasteiger partial charge in [-0.1, -0.05) is 37.3 Å². The molecule has 3 rings (SSSR count). The number of anilines is 1. The van der Waals surface area contributed by atoms with Gasteiger partial charge < -0.3 is 0 Å². The number of urea groups is 1. The maximum Gasteiger partial charge on any atom is 0.362 e. The Morgan fingerprint density at radius 2 is 1.65 bits per heavy atom. The van der Waals surface area contributed by atoms with Crippen molar-refractivity contribution in [2.24, 2.45) is 5.41 Å². The van der Waals surface area contributed by atoms with E-state index in [9.17, 15) is 14.4 Å². The number of hydrogen-bond acceptors (Lipinski definition) is 5. The van der Waals surface area contributed by atoms with E-state index in [1.54, 1.807) is 13.8 Å². The molecule has 0 radical (unpaired) electrons. The number of hydrogen-bond donors (Lipinski definition) is 0. The zero-order valence-corrected chi connectivity index (χ0v) is 18.6. The molecule has 1 aliphatic heterocycles. The van der Waals surface area contributed by atoms with Crippen molar-refractivity contribution in [2.75, 3.05) is 18.0 Å². The van der Waals surface area contributed by atoms with Gasteiger partial charge in [-0.05, 0) is 62.9 Å². The number of benzene rings is 2. The molecule has 1 aliphatic rings. The second-order valence-corrected chi connectivity index (χ2v) is 8.43. The van der Waals surface area contributed by atoms with Crippen LogP contribution in [-0.2, 0) is 20.9 Å². The molecule has 2 aromatic carbocycles. The molecule has 0 N–H and O–H groups in total. The van der Waals surface area contributed by atoms with E-state index in [1.807, 2.05) is 63.2 Å². The lowest BCUT2D eigenvalue weighted by atomic mass is 9.93. The van der Waals surface area contributed by atoms with Crippen LogP contribution >= 0.6 is 0 Å². The van der Waals surface area contributed by atoms with Crippen molar-refractivity contribution in [2.45, 2.75) is 41.0 Å². The van der Waals surface area contributed by atoms with Crippen LogP contribution in [0.15, 0.2) is 42.5 Å². The zero-order valence-electron chi connectivity index (χ0n) is 18.6. The summed E-state index contributed by atoms with van der Waals surface area (Å²) >= 11 is 0. The second kappa shape index (κ2) is 8.79. The van der Waals surface area contributed by atoms with E-state index in [0.717, 1.165) is 28.0 Å². The molecule has 0 aromatic heterocycles. The Hall–Kier alpha value is -3.35. The highest BCUT2D eigenvalue weighted by atomic mass is 17.2. The first kappa shape index (κ1) is 22.3. The van der Waals surface area contributed by atoms with E-state index in [4.69, 9.17) is 9.78 Å². The molecule has 31 heavy (non-hydrogen) atoms. The van der Waals surface area contributed by atoms with Gasteiger partial charge in [0.1, 0.15) is 6.54 Å². The van der Waals surface area contributed by atoms with Crippen molar-refractivity contribution in [1.29, 1.82) is 0 Å². The summed E-state index contributed by atoms with van der Waals surface area (Å²) in [5.74, 6) is -0.552. The molecule has 7 heteroatoms. The van der Waals surface area contributed by atoms with Gasteiger partial charge in [-0.2, -0.15) is 0 Å². The molecule has 0 saturated carbocycles. The van der Waals surface area contributed by atoms with Crippen molar-refractivity contribution >= 4 is 23.6 Å². The molecule has 1 fully saturated rings. The third-order valence-corrected chi connectivity index (χ3v) is 5.43. The highest BCUT2D eigenvalue weighted by Crippen LogP contribution is 2.28. The molecule has 0 atom stereocenters. The lowest BCUT2D eigenvalue weighted by molar-refractivity contribution is -0.224. The molecular weight excluding hydrogens is 396 g/mol. The number of rotatable bonds is 7. The number of nitrogens with zero attached hydrogens (tertiary/aromatic N) is 2. The fourth-order valence-electron chi connectivity index (χ4n) is 3.39. The van der Waals surface area contributed by atoms with Crippen LogP contribution in [0.25, 0.3) is 0 Å². The number of carbonyl (C=O) groups is 3. The lowest BCUT2D eigenvalue weighted by Crippen LogP contribution is -2.44. The lowest BCUT2D eigenvalue weighted by Gasteiger charge is -2.26. The first-order chi connectivity index (χ1) is 14.6. The highest BCUT2D eigenvalue weighted by Gasteiger charge is 2.43. The number of imide groups is 1. The van der Waals surface area contributed by atoms with Crippen molar-refractivity contribution < 1.29 is 24.2 Å².